The minimum atomic E-state index is -0.277. The van der Waals surface area contributed by atoms with E-state index in [-0.39, 0.29) is 17.8 Å². The van der Waals surface area contributed by atoms with Crippen molar-refractivity contribution < 1.29 is 9.53 Å². The van der Waals surface area contributed by atoms with Gasteiger partial charge in [-0.25, -0.2) is 0 Å². The molecule has 1 heterocycles. The van der Waals surface area contributed by atoms with Gasteiger partial charge in [0.25, 0.3) is 0 Å². The summed E-state index contributed by atoms with van der Waals surface area (Å²) in [6, 6.07) is 16.7. The van der Waals surface area contributed by atoms with Gasteiger partial charge in [-0.15, -0.1) is 12.4 Å². The van der Waals surface area contributed by atoms with Crippen LogP contribution in [0.3, 0.4) is 0 Å². The van der Waals surface area contributed by atoms with E-state index in [0.29, 0.717) is 11.7 Å². The van der Waals surface area contributed by atoms with Gasteiger partial charge in [0.2, 0.25) is 0 Å². The molecule has 4 heteroatoms. The van der Waals surface area contributed by atoms with Gasteiger partial charge < -0.3 is 9.64 Å². The van der Waals surface area contributed by atoms with Gasteiger partial charge in [-0.05, 0) is 74.0 Å². The number of fused-ring (bicyclic) bond motifs is 1. The second kappa shape index (κ2) is 8.67. The maximum Gasteiger partial charge on any atom is 0.170 e. The first kappa shape index (κ1) is 20.9. The van der Waals surface area contributed by atoms with E-state index in [4.69, 9.17) is 4.74 Å². The molecule has 2 aliphatic rings. The Morgan fingerprint density at radius 1 is 1.11 bits per heavy atom. The Morgan fingerprint density at radius 3 is 2.50 bits per heavy atom. The molecule has 2 aromatic carbocycles. The highest BCUT2D eigenvalue weighted by atomic mass is 35.5. The fourth-order valence-electron chi connectivity index (χ4n) is 4.77. The fraction of sp³-hybridized carbons (Fsp3) is 0.458. The molecule has 150 valence electrons. The lowest BCUT2D eigenvalue weighted by atomic mass is 9.71. The topological polar surface area (TPSA) is 29.5 Å². The molecule has 1 aliphatic carbocycles. The molecule has 28 heavy (non-hydrogen) atoms. The summed E-state index contributed by atoms with van der Waals surface area (Å²) in [5.74, 6) is 1.80. The second-order valence-electron chi connectivity index (χ2n) is 8.37. The number of Topliss-reactive ketones (excluding diaryl/α,β-unsaturated/α-hetero) is 1. The summed E-state index contributed by atoms with van der Waals surface area (Å²) in [6.45, 7) is 5.19. The number of hydrogen-bond donors (Lipinski definition) is 0. The van der Waals surface area contributed by atoms with Crippen LogP contribution in [-0.2, 0) is 6.42 Å². The summed E-state index contributed by atoms with van der Waals surface area (Å²) >= 11 is 0. The number of nitrogens with zero attached hydrogens (tertiary/aromatic N) is 1. The van der Waals surface area contributed by atoms with Crippen LogP contribution >= 0.6 is 12.4 Å². The van der Waals surface area contributed by atoms with Crippen molar-refractivity contribution >= 4 is 18.2 Å². The SMILES string of the molecule is COc1ccc2c(c1)CCC(C)(CN1CCC(c3ccccc3)CC1)C2=O.Cl. The lowest BCUT2D eigenvalue weighted by Gasteiger charge is -2.40. The minimum absolute atomic E-state index is 0. The summed E-state index contributed by atoms with van der Waals surface area (Å²) in [6.07, 6.45) is 4.24. The third-order valence-electron chi connectivity index (χ3n) is 6.48. The van der Waals surface area contributed by atoms with E-state index in [0.717, 1.165) is 49.4 Å². The number of likely N-dealkylation sites (tertiary alicyclic amines) is 1. The molecule has 0 amide bonds. The van der Waals surface area contributed by atoms with Crippen LogP contribution in [0.4, 0.5) is 0 Å². The first-order valence-electron chi connectivity index (χ1n) is 10.1. The quantitative estimate of drug-likeness (QED) is 0.713. The van der Waals surface area contributed by atoms with Crippen LogP contribution in [0, 0.1) is 5.41 Å². The second-order valence-corrected chi connectivity index (χ2v) is 8.37. The maximum atomic E-state index is 13.2. The molecule has 0 bridgehead atoms. The third-order valence-corrected chi connectivity index (χ3v) is 6.48. The molecule has 1 unspecified atom stereocenters. The zero-order valence-electron chi connectivity index (χ0n) is 16.8. The summed E-state index contributed by atoms with van der Waals surface area (Å²) in [5.41, 5.74) is 3.21. The molecule has 0 N–H and O–H groups in total. The molecule has 0 spiro atoms. The lowest BCUT2D eigenvalue weighted by Crippen LogP contribution is -2.46. The van der Waals surface area contributed by atoms with Crippen molar-refractivity contribution in [2.75, 3.05) is 26.7 Å². The Balaban J connectivity index is 0.00000225. The summed E-state index contributed by atoms with van der Waals surface area (Å²) in [5, 5.41) is 0. The molecule has 0 radical (unpaired) electrons. The zero-order chi connectivity index (χ0) is 18.9. The van der Waals surface area contributed by atoms with Crippen LogP contribution < -0.4 is 4.74 Å². The number of piperidine rings is 1. The number of rotatable bonds is 4. The molecule has 0 saturated carbocycles. The Hall–Kier alpha value is -1.84. The van der Waals surface area contributed by atoms with Gasteiger partial charge >= 0.3 is 0 Å². The highest BCUT2D eigenvalue weighted by Crippen LogP contribution is 2.38. The van der Waals surface area contributed by atoms with Crippen molar-refractivity contribution in [1.29, 1.82) is 0 Å². The number of halogens is 1. The van der Waals surface area contributed by atoms with Gasteiger partial charge in [0.05, 0.1) is 7.11 Å². The average molecular weight is 400 g/mol. The van der Waals surface area contributed by atoms with E-state index in [1.807, 2.05) is 18.2 Å². The summed E-state index contributed by atoms with van der Waals surface area (Å²) in [7, 11) is 1.68. The fourth-order valence-corrected chi connectivity index (χ4v) is 4.77. The Kier molecular flexibility index (Phi) is 6.47. The van der Waals surface area contributed by atoms with E-state index in [2.05, 4.69) is 42.2 Å². The van der Waals surface area contributed by atoms with E-state index < -0.39 is 0 Å². The molecule has 1 fully saturated rings. The van der Waals surface area contributed by atoms with Gasteiger partial charge in [0, 0.05) is 17.5 Å². The largest absolute Gasteiger partial charge is 0.497 e. The number of methoxy groups -OCH3 is 1. The molecular formula is C24H30ClNO2. The number of carbonyl (C=O) groups is 1. The predicted octanol–water partition coefficient (Wildman–Crippen LogP) is 5.13. The Bertz CT molecular complexity index is 815. The monoisotopic (exact) mass is 399 g/mol. The molecule has 0 aromatic heterocycles. The van der Waals surface area contributed by atoms with Gasteiger partial charge in [-0.2, -0.15) is 0 Å². The van der Waals surface area contributed by atoms with Crippen molar-refractivity contribution in [3.8, 4) is 5.75 Å². The highest BCUT2D eigenvalue weighted by Gasteiger charge is 2.40. The van der Waals surface area contributed by atoms with Crippen LogP contribution in [-0.4, -0.2) is 37.4 Å². The molecule has 1 saturated heterocycles. The van der Waals surface area contributed by atoms with Crippen LogP contribution in [0.5, 0.6) is 5.75 Å². The van der Waals surface area contributed by atoms with Gasteiger partial charge in [-0.1, -0.05) is 37.3 Å². The first-order valence-corrected chi connectivity index (χ1v) is 10.1. The lowest BCUT2D eigenvalue weighted by molar-refractivity contribution is 0.0658. The van der Waals surface area contributed by atoms with Crippen molar-refractivity contribution in [2.45, 2.75) is 38.5 Å². The summed E-state index contributed by atoms with van der Waals surface area (Å²) < 4.78 is 5.32. The highest BCUT2D eigenvalue weighted by molar-refractivity contribution is 6.02. The van der Waals surface area contributed by atoms with Crippen molar-refractivity contribution in [2.24, 2.45) is 5.41 Å². The molecule has 2 aromatic rings. The number of ketones is 1. The van der Waals surface area contributed by atoms with E-state index in [9.17, 15) is 4.79 Å². The number of aryl methyl sites for hydroxylation is 1. The van der Waals surface area contributed by atoms with Crippen molar-refractivity contribution in [3.63, 3.8) is 0 Å². The Labute approximate surface area is 174 Å². The molecule has 1 atom stereocenters. The average Bonchev–Trinajstić information content (AvgIpc) is 2.72. The standard InChI is InChI=1S/C24H29NO2.ClH/c1-24(13-10-20-16-21(27-2)8-9-22(20)23(24)26)17-25-14-11-19(12-15-25)18-6-4-3-5-7-18;/h3-9,16,19H,10-15,17H2,1-2H3;1H. The predicted molar refractivity (Wildman–Crippen MR) is 116 cm³/mol. The third kappa shape index (κ3) is 4.11. The van der Waals surface area contributed by atoms with E-state index in [1.54, 1.807) is 7.11 Å². The molecule has 1 aliphatic heterocycles. The maximum absolute atomic E-state index is 13.2. The minimum Gasteiger partial charge on any atom is -0.497 e. The van der Waals surface area contributed by atoms with Gasteiger partial charge in [0.15, 0.2) is 5.78 Å². The Morgan fingerprint density at radius 2 is 1.82 bits per heavy atom. The smallest absolute Gasteiger partial charge is 0.170 e. The number of ether oxygens (including phenoxy) is 1. The van der Waals surface area contributed by atoms with Crippen molar-refractivity contribution in [1.82, 2.24) is 4.90 Å². The molecule has 4 rings (SSSR count). The number of hydrogen-bond acceptors (Lipinski definition) is 3. The van der Waals surface area contributed by atoms with Gasteiger partial charge in [-0.3, -0.25) is 4.79 Å². The van der Waals surface area contributed by atoms with E-state index >= 15 is 0 Å². The molecular weight excluding hydrogens is 370 g/mol. The number of carbonyl (C=O) groups excluding carboxylic acids is 1. The zero-order valence-corrected chi connectivity index (χ0v) is 17.6. The van der Waals surface area contributed by atoms with Crippen LogP contribution in [0.1, 0.15) is 53.6 Å². The van der Waals surface area contributed by atoms with Gasteiger partial charge in [0.1, 0.15) is 5.75 Å². The van der Waals surface area contributed by atoms with Crippen LogP contribution in [0.25, 0.3) is 0 Å². The first-order chi connectivity index (χ1) is 13.1. The van der Waals surface area contributed by atoms with Crippen LogP contribution in [0.15, 0.2) is 48.5 Å². The summed E-state index contributed by atoms with van der Waals surface area (Å²) in [4.78, 5) is 15.7. The number of benzene rings is 2. The van der Waals surface area contributed by atoms with E-state index in [1.165, 1.54) is 18.4 Å². The molecule has 3 nitrogen and oxygen atoms in total. The van der Waals surface area contributed by atoms with Crippen molar-refractivity contribution in [3.05, 3.63) is 65.2 Å². The normalized spacial score (nSPS) is 23.0. The van der Waals surface area contributed by atoms with Crippen LogP contribution in [0.2, 0.25) is 0 Å².